The molecule has 1 heterocycles. The van der Waals surface area contributed by atoms with Crippen LogP contribution in [0, 0.1) is 0 Å². The predicted molar refractivity (Wildman–Crippen MR) is 69.7 cm³/mol. The van der Waals surface area contributed by atoms with Gasteiger partial charge in [-0.3, -0.25) is 0 Å². The highest BCUT2D eigenvalue weighted by Gasteiger charge is 2.09. The zero-order valence-corrected chi connectivity index (χ0v) is 11.7. The molecule has 0 atom stereocenters. The van der Waals surface area contributed by atoms with Gasteiger partial charge in [0, 0.05) is 26.6 Å². The van der Waals surface area contributed by atoms with Crippen LogP contribution in [0.4, 0.5) is 0 Å². The molecule has 0 radical (unpaired) electrons. The molecule has 0 amide bonds. The molecule has 0 aromatic carbocycles. The summed E-state index contributed by atoms with van der Waals surface area (Å²) in [5.41, 5.74) is 0. The van der Waals surface area contributed by atoms with Gasteiger partial charge in [0.05, 0.1) is 5.75 Å². The van der Waals surface area contributed by atoms with Crippen molar-refractivity contribution in [2.75, 3.05) is 25.4 Å². The minimum atomic E-state index is -3.20. The molecule has 0 aliphatic rings. The maximum Gasteiger partial charge on any atom is 0.212 e. The summed E-state index contributed by atoms with van der Waals surface area (Å²) in [6, 6.07) is 0. The van der Waals surface area contributed by atoms with E-state index in [4.69, 9.17) is 0 Å². The quantitative estimate of drug-likeness (QED) is 0.580. The molecule has 0 saturated carbocycles. The van der Waals surface area contributed by atoms with Crippen LogP contribution in [0.3, 0.4) is 0 Å². The van der Waals surface area contributed by atoms with Crippen molar-refractivity contribution in [3.05, 3.63) is 12.2 Å². The first-order valence-corrected chi connectivity index (χ1v) is 7.71. The van der Waals surface area contributed by atoms with E-state index in [-0.39, 0.29) is 5.75 Å². The molecule has 0 fully saturated rings. The van der Waals surface area contributed by atoms with Crippen molar-refractivity contribution in [3.8, 4) is 0 Å². The topological polar surface area (TPSA) is 88.9 Å². The van der Waals surface area contributed by atoms with Crippen LogP contribution in [0.25, 0.3) is 0 Å². The highest BCUT2D eigenvalue weighted by molar-refractivity contribution is 7.89. The number of nitrogens with one attached hydrogen (secondary N) is 2. The van der Waals surface area contributed by atoms with Crippen LogP contribution >= 0.6 is 0 Å². The maximum atomic E-state index is 11.6. The molecular formula is C10H21N5O2S. The van der Waals surface area contributed by atoms with E-state index in [2.05, 4.69) is 20.2 Å². The third-order valence-corrected chi connectivity index (χ3v) is 3.84. The van der Waals surface area contributed by atoms with E-state index in [9.17, 15) is 8.42 Å². The molecule has 1 aromatic heterocycles. The summed E-state index contributed by atoms with van der Waals surface area (Å²) >= 11 is 0. The Hall–Kier alpha value is -0.990. The second-order valence-electron chi connectivity index (χ2n) is 4.07. The molecule has 1 aromatic rings. The Morgan fingerprint density at radius 1 is 1.33 bits per heavy atom. The van der Waals surface area contributed by atoms with Gasteiger partial charge in [-0.25, -0.2) is 13.1 Å². The average Bonchev–Trinajstić information content (AvgIpc) is 2.71. The van der Waals surface area contributed by atoms with Crippen molar-refractivity contribution >= 4 is 10.0 Å². The highest BCUT2D eigenvalue weighted by atomic mass is 32.2. The van der Waals surface area contributed by atoms with Gasteiger partial charge in [-0.1, -0.05) is 6.92 Å². The van der Waals surface area contributed by atoms with Crippen molar-refractivity contribution in [2.45, 2.75) is 19.8 Å². The minimum Gasteiger partial charge on any atom is -0.321 e. The Bertz CT molecular complexity index is 443. The smallest absolute Gasteiger partial charge is 0.212 e. The molecule has 0 aliphatic carbocycles. The van der Waals surface area contributed by atoms with Gasteiger partial charge in [0.1, 0.15) is 12.2 Å². The summed E-state index contributed by atoms with van der Waals surface area (Å²) < 4.78 is 27.6. The molecule has 0 saturated heterocycles. The van der Waals surface area contributed by atoms with Gasteiger partial charge in [0.25, 0.3) is 0 Å². The molecule has 2 N–H and O–H groups in total. The fourth-order valence-corrected chi connectivity index (χ4v) is 2.40. The van der Waals surface area contributed by atoms with Gasteiger partial charge in [-0.2, -0.15) is 0 Å². The zero-order chi connectivity index (χ0) is 13.4. The van der Waals surface area contributed by atoms with Gasteiger partial charge in [-0.05, 0) is 13.0 Å². The lowest BCUT2D eigenvalue weighted by molar-refractivity contribution is 0.574. The number of hydrogen-bond acceptors (Lipinski definition) is 5. The van der Waals surface area contributed by atoms with Gasteiger partial charge < -0.3 is 9.88 Å². The maximum absolute atomic E-state index is 11.6. The molecule has 104 valence electrons. The molecule has 1 rings (SSSR count). The Balaban J connectivity index is 2.23. The standard InChI is InChI=1S/C10H21N5O2S/c1-3-5-11-7-8-18(16,17)13-6-4-10-14-12-9-15(10)2/h9,11,13H,3-8H2,1-2H3. The first-order valence-electron chi connectivity index (χ1n) is 6.06. The molecule has 8 heteroatoms. The number of rotatable bonds is 9. The lowest BCUT2D eigenvalue weighted by Gasteiger charge is -2.07. The van der Waals surface area contributed by atoms with E-state index in [1.54, 1.807) is 10.9 Å². The molecule has 0 spiro atoms. The van der Waals surface area contributed by atoms with Crippen LogP contribution in [-0.4, -0.2) is 48.6 Å². The van der Waals surface area contributed by atoms with Crippen molar-refractivity contribution in [1.82, 2.24) is 24.8 Å². The van der Waals surface area contributed by atoms with E-state index in [1.165, 1.54) is 0 Å². The Morgan fingerprint density at radius 2 is 2.11 bits per heavy atom. The second-order valence-corrected chi connectivity index (χ2v) is 6.00. The summed E-state index contributed by atoms with van der Waals surface area (Å²) in [6.07, 6.45) is 3.14. The fraction of sp³-hybridized carbons (Fsp3) is 0.800. The van der Waals surface area contributed by atoms with Gasteiger partial charge in [-0.15, -0.1) is 10.2 Å². The zero-order valence-electron chi connectivity index (χ0n) is 10.9. The third-order valence-electron chi connectivity index (χ3n) is 2.45. The molecule has 7 nitrogen and oxygen atoms in total. The first kappa shape index (κ1) is 15.1. The average molecular weight is 275 g/mol. The monoisotopic (exact) mass is 275 g/mol. The fourth-order valence-electron chi connectivity index (χ4n) is 1.43. The van der Waals surface area contributed by atoms with Crippen molar-refractivity contribution < 1.29 is 8.42 Å². The van der Waals surface area contributed by atoms with Crippen molar-refractivity contribution in [3.63, 3.8) is 0 Å². The number of sulfonamides is 1. The van der Waals surface area contributed by atoms with Gasteiger partial charge >= 0.3 is 0 Å². The van der Waals surface area contributed by atoms with Crippen molar-refractivity contribution in [1.29, 1.82) is 0 Å². The number of aromatic nitrogens is 3. The van der Waals surface area contributed by atoms with E-state index in [1.807, 2.05) is 14.0 Å². The van der Waals surface area contributed by atoms with Gasteiger partial charge in [0.2, 0.25) is 10.0 Å². The van der Waals surface area contributed by atoms with Crippen molar-refractivity contribution in [2.24, 2.45) is 7.05 Å². The number of nitrogens with zero attached hydrogens (tertiary/aromatic N) is 3. The molecule has 0 aliphatic heterocycles. The predicted octanol–water partition coefficient (Wildman–Crippen LogP) is -0.723. The van der Waals surface area contributed by atoms with Crippen LogP contribution in [0.5, 0.6) is 0 Å². The van der Waals surface area contributed by atoms with E-state index < -0.39 is 10.0 Å². The SMILES string of the molecule is CCCNCCS(=O)(=O)NCCc1nncn1C. The largest absolute Gasteiger partial charge is 0.321 e. The first-order chi connectivity index (χ1) is 8.55. The number of aryl methyl sites for hydroxylation is 1. The molecule has 0 unspecified atom stereocenters. The Labute approximate surface area is 108 Å². The summed E-state index contributed by atoms with van der Waals surface area (Å²) in [5.74, 6) is 0.869. The summed E-state index contributed by atoms with van der Waals surface area (Å²) in [6.45, 7) is 3.71. The molecular weight excluding hydrogens is 254 g/mol. The molecule has 18 heavy (non-hydrogen) atoms. The second kappa shape index (κ2) is 7.45. The van der Waals surface area contributed by atoms with E-state index in [0.29, 0.717) is 19.5 Å². The summed E-state index contributed by atoms with van der Waals surface area (Å²) in [5, 5.41) is 10.7. The Kier molecular flexibility index (Phi) is 6.23. The molecule has 0 bridgehead atoms. The Morgan fingerprint density at radius 3 is 2.72 bits per heavy atom. The van der Waals surface area contributed by atoms with E-state index >= 15 is 0 Å². The summed E-state index contributed by atoms with van der Waals surface area (Å²) in [7, 11) is -1.37. The van der Waals surface area contributed by atoms with Crippen LogP contribution in [0.15, 0.2) is 6.33 Å². The third kappa shape index (κ3) is 5.56. The minimum absolute atomic E-state index is 0.103. The highest BCUT2D eigenvalue weighted by Crippen LogP contribution is 1.92. The van der Waals surface area contributed by atoms with Gasteiger partial charge in [0.15, 0.2) is 0 Å². The summed E-state index contributed by atoms with van der Waals surface area (Å²) in [4.78, 5) is 0. The van der Waals surface area contributed by atoms with Crippen LogP contribution in [0.2, 0.25) is 0 Å². The van der Waals surface area contributed by atoms with Crippen LogP contribution < -0.4 is 10.0 Å². The normalized spacial score (nSPS) is 11.9. The number of hydrogen-bond donors (Lipinski definition) is 2. The van der Waals surface area contributed by atoms with E-state index in [0.717, 1.165) is 18.8 Å². The van der Waals surface area contributed by atoms with Crippen LogP contribution in [0.1, 0.15) is 19.2 Å². The lowest BCUT2D eigenvalue weighted by Crippen LogP contribution is -2.33. The lowest BCUT2D eigenvalue weighted by atomic mass is 10.4. The van der Waals surface area contributed by atoms with Crippen LogP contribution in [-0.2, 0) is 23.5 Å².